The van der Waals surface area contributed by atoms with Gasteiger partial charge >= 0.3 is 0 Å². The van der Waals surface area contributed by atoms with E-state index in [4.69, 9.17) is 10.5 Å². The summed E-state index contributed by atoms with van der Waals surface area (Å²) >= 11 is 0. The molecule has 0 amide bonds. The smallest absolute Gasteiger partial charge is 0.222 e. The molecule has 4 N–H and O–H groups in total. The summed E-state index contributed by atoms with van der Waals surface area (Å²) in [5.41, 5.74) is 6.57. The number of nitrogens with one attached hydrogen (secondary N) is 1. The molecular weight excluding hydrogens is 280 g/mol. The van der Waals surface area contributed by atoms with E-state index in [9.17, 15) is 5.11 Å². The van der Waals surface area contributed by atoms with Crippen molar-refractivity contribution >= 4 is 22.7 Å². The maximum atomic E-state index is 9.25. The normalized spacial score (nSPS) is 12.3. The first kappa shape index (κ1) is 16.3. The number of nitrogen functional groups attached to an aromatic ring is 1. The minimum Gasteiger partial charge on any atom is -0.497 e. The first-order valence-corrected chi connectivity index (χ1v) is 7.66. The molecule has 2 rings (SSSR count). The molecule has 1 aromatic carbocycles. The van der Waals surface area contributed by atoms with Gasteiger partial charge in [-0.25, -0.2) is 4.98 Å². The Bertz CT molecular complexity index is 618. The molecule has 1 aromatic heterocycles. The van der Waals surface area contributed by atoms with Crippen molar-refractivity contribution in [1.82, 2.24) is 9.97 Å². The third-order valence-electron chi connectivity index (χ3n) is 3.64. The van der Waals surface area contributed by atoms with Crippen molar-refractivity contribution in [1.29, 1.82) is 0 Å². The van der Waals surface area contributed by atoms with Gasteiger partial charge in [-0.05, 0) is 31.0 Å². The van der Waals surface area contributed by atoms with Gasteiger partial charge in [0.1, 0.15) is 11.6 Å². The van der Waals surface area contributed by atoms with Crippen LogP contribution in [0.2, 0.25) is 0 Å². The number of hydrogen-bond acceptors (Lipinski definition) is 6. The molecule has 1 unspecified atom stereocenters. The van der Waals surface area contributed by atoms with Crippen LogP contribution in [0, 0.1) is 0 Å². The molecule has 0 saturated heterocycles. The second-order valence-corrected chi connectivity index (χ2v) is 5.31. The Balaban J connectivity index is 2.34. The molecule has 0 bridgehead atoms. The Kier molecular flexibility index (Phi) is 5.77. The number of nitrogens with two attached hydrogens (primary N) is 1. The number of rotatable bonds is 8. The highest BCUT2D eigenvalue weighted by Crippen LogP contribution is 2.27. The monoisotopic (exact) mass is 304 g/mol. The number of aliphatic hydroxyl groups excluding tert-OH is 1. The van der Waals surface area contributed by atoms with E-state index < -0.39 is 0 Å². The summed E-state index contributed by atoms with van der Waals surface area (Å²) < 4.78 is 5.27. The maximum Gasteiger partial charge on any atom is 0.222 e. The van der Waals surface area contributed by atoms with Crippen molar-refractivity contribution in [3.8, 4) is 5.75 Å². The van der Waals surface area contributed by atoms with Crippen LogP contribution >= 0.6 is 0 Å². The number of ether oxygens (including phenoxy) is 1. The number of fused-ring (bicyclic) bond motifs is 1. The molecule has 0 fully saturated rings. The second-order valence-electron chi connectivity index (χ2n) is 5.31. The third-order valence-corrected chi connectivity index (χ3v) is 3.64. The van der Waals surface area contributed by atoms with Crippen LogP contribution in [0.5, 0.6) is 5.75 Å². The molecule has 0 aliphatic carbocycles. The van der Waals surface area contributed by atoms with E-state index in [-0.39, 0.29) is 18.6 Å². The molecule has 0 spiro atoms. The lowest BCUT2D eigenvalue weighted by atomic mass is 10.1. The highest BCUT2D eigenvalue weighted by atomic mass is 16.5. The van der Waals surface area contributed by atoms with Crippen molar-refractivity contribution in [2.45, 2.75) is 38.6 Å². The van der Waals surface area contributed by atoms with Gasteiger partial charge in [0.25, 0.3) is 0 Å². The SMILES string of the molecule is CCCCC(CCO)Nc1nc(N)nc2ccc(OC)cc12. The predicted molar refractivity (Wildman–Crippen MR) is 89.1 cm³/mol. The van der Waals surface area contributed by atoms with Gasteiger partial charge in [0, 0.05) is 18.0 Å². The highest BCUT2D eigenvalue weighted by Gasteiger charge is 2.13. The summed E-state index contributed by atoms with van der Waals surface area (Å²) in [5.74, 6) is 1.67. The van der Waals surface area contributed by atoms with Gasteiger partial charge in [0.15, 0.2) is 0 Å². The number of hydrogen-bond donors (Lipinski definition) is 3. The third kappa shape index (κ3) is 3.98. The van der Waals surface area contributed by atoms with Gasteiger partial charge in [-0.15, -0.1) is 0 Å². The largest absolute Gasteiger partial charge is 0.497 e. The fourth-order valence-corrected chi connectivity index (χ4v) is 2.45. The molecule has 0 aliphatic rings. The number of aromatic nitrogens is 2. The summed E-state index contributed by atoms with van der Waals surface area (Å²) in [6.07, 6.45) is 3.87. The molecule has 1 heterocycles. The van der Waals surface area contributed by atoms with E-state index in [1.54, 1.807) is 7.11 Å². The van der Waals surface area contributed by atoms with Gasteiger partial charge < -0.3 is 20.9 Å². The highest BCUT2D eigenvalue weighted by molar-refractivity contribution is 5.91. The quantitative estimate of drug-likeness (QED) is 0.694. The summed E-state index contributed by atoms with van der Waals surface area (Å²) in [5, 5.41) is 13.5. The number of aliphatic hydroxyl groups is 1. The van der Waals surface area contributed by atoms with Crippen LogP contribution in [-0.2, 0) is 0 Å². The second kappa shape index (κ2) is 7.79. The first-order chi connectivity index (χ1) is 10.7. The number of unbranched alkanes of at least 4 members (excludes halogenated alkanes) is 1. The average Bonchev–Trinajstić information content (AvgIpc) is 2.52. The lowest BCUT2D eigenvalue weighted by molar-refractivity contribution is 0.276. The molecule has 120 valence electrons. The standard InChI is InChI=1S/C16H24N4O2/c1-3-4-5-11(8-9-21)18-15-13-10-12(22-2)6-7-14(13)19-16(17)20-15/h6-7,10-11,21H,3-5,8-9H2,1-2H3,(H3,17,18,19,20). The van der Waals surface area contributed by atoms with Gasteiger partial charge in [0.2, 0.25) is 5.95 Å². The molecule has 22 heavy (non-hydrogen) atoms. The van der Waals surface area contributed by atoms with Crippen LogP contribution in [0.15, 0.2) is 18.2 Å². The Hall–Kier alpha value is -2.08. The fraction of sp³-hybridized carbons (Fsp3) is 0.500. The van der Waals surface area contributed by atoms with Crippen molar-refractivity contribution in [3.05, 3.63) is 18.2 Å². The van der Waals surface area contributed by atoms with Crippen LogP contribution in [0.1, 0.15) is 32.6 Å². The van der Waals surface area contributed by atoms with Crippen molar-refractivity contribution < 1.29 is 9.84 Å². The summed E-state index contributed by atoms with van der Waals surface area (Å²) in [4.78, 5) is 8.57. The minimum absolute atomic E-state index is 0.142. The lowest BCUT2D eigenvalue weighted by Gasteiger charge is -2.19. The summed E-state index contributed by atoms with van der Waals surface area (Å²) in [7, 11) is 1.63. The van der Waals surface area contributed by atoms with E-state index in [1.807, 2.05) is 18.2 Å². The van der Waals surface area contributed by atoms with Crippen LogP contribution < -0.4 is 15.8 Å². The van der Waals surface area contributed by atoms with E-state index in [2.05, 4.69) is 22.2 Å². The van der Waals surface area contributed by atoms with Crippen molar-refractivity contribution in [2.24, 2.45) is 0 Å². The summed E-state index contributed by atoms with van der Waals surface area (Å²) in [6, 6.07) is 5.77. The average molecular weight is 304 g/mol. The number of methoxy groups -OCH3 is 1. The van der Waals surface area contributed by atoms with Crippen LogP contribution in [0.4, 0.5) is 11.8 Å². The van der Waals surface area contributed by atoms with Crippen LogP contribution in [-0.4, -0.2) is 34.8 Å². The van der Waals surface area contributed by atoms with Gasteiger partial charge in [-0.3, -0.25) is 0 Å². The molecule has 1 atom stereocenters. The Morgan fingerprint density at radius 1 is 1.32 bits per heavy atom. The van der Waals surface area contributed by atoms with Crippen LogP contribution in [0.25, 0.3) is 10.9 Å². The Morgan fingerprint density at radius 2 is 2.14 bits per heavy atom. The van der Waals surface area contributed by atoms with E-state index >= 15 is 0 Å². The zero-order valence-electron chi connectivity index (χ0n) is 13.2. The number of anilines is 2. The number of benzene rings is 1. The topological polar surface area (TPSA) is 93.3 Å². The maximum absolute atomic E-state index is 9.25. The molecule has 0 aliphatic heterocycles. The molecule has 0 saturated carbocycles. The zero-order valence-corrected chi connectivity index (χ0v) is 13.2. The predicted octanol–water partition coefficient (Wildman–Crippen LogP) is 2.57. The van der Waals surface area contributed by atoms with Gasteiger partial charge in [-0.1, -0.05) is 19.8 Å². The van der Waals surface area contributed by atoms with E-state index in [0.717, 1.165) is 35.9 Å². The van der Waals surface area contributed by atoms with E-state index in [0.29, 0.717) is 12.2 Å². The molecular formula is C16H24N4O2. The molecule has 0 radical (unpaired) electrons. The number of nitrogens with zero attached hydrogens (tertiary/aromatic N) is 2. The van der Waals surface area contributed by atoms with Gasteiger partial charge in [-0.2, -0.15) is 4.98 Å². The molecule has 2 aromatic rings. The van der Waals surface area contributed by atoms with Crippen molar-refractivity contribution in [2.75, 3.05) is 24.8 Å². The fourth-order valence-electron chi connectivity index (χ4n) is 2.45. The molecule has 6 heteroatoms. The first-order valence-electron chi connectivity index (χ1n) is 7.66. The Morgan fingerprint density at radius 3 is 2.82 bits per heavy atom. The lowest BCUT2D eigenvalue weighted by Crippen LogP contribution is -2.22. The summed E-state index contributed by atoms with van der Waals surface area (Å²) in [6.45, 7) is 2.29. The van der Waals surface area contributed by atoms with E-state index in [1.165, 1.54) is 0 Å². The van der Waals surface area contributed by atoms with Crippen LogP contribution in [0.3, 0.4) is 0 Å². The van der Waals surface area contributed by atoms with Gasteiger partial charge in [0.05, 0.1) is 12.6 Å². The minimum atomic E-state index is 0.142. The zero-order chi connectivity index (χ0) is 15.9. The molecule has 6 nitrogen and oxygen atoms in total. The Labute approximate surface area is 130 Å². The van der Waals surface area contributed by atoms with Crippen molar-refractivity contribution in [3.63, 3.8) is 0 Å².